The molecule has 3 aliphatic rings. The van der Waals surface area contributed by atoms with Gasteiger partial charge in [-0.1, -0.05) is 30.3 Å². The van der Waals surface area contributed by atoms with Crippen LogP contribution in [0.5, 0.6) is 0 Å². The van der Waals surface area contributed by atoms with Gasteiger partial charge in [-0.15, -0.1) is 0 Å². The number of hydrogen-bond acceptors (Lipinski definition) is 5. The van der Waals surface area contributed by atoms with Gasteiger partial charge in [0, 0.05) is 43.3 Å². The number of benzene rings is 2. The average molecular weight is 530 g/mol. The van der Waals surface area contributed by atoms with Crippen LogP contribution in [0.4, 0.5) is 9.18 Å². The molecule has 3 amide bonds. The monoisotopic (exact) mass is 529 g/mol. The van der Waals surface area contributed by atoms with E-state index in [0.717, 1.165) is 35.1 Å². The minimum atomic E-state index is -1.48. The Morgan fingerprint density at radius 2 is 1.82 bits per heavy atom. The van der Waals surface area contributed by atoms with Gasteiger partial charge in [0.2, 0.25) is 17.1 Å². The predicted octanol–water partition coefficient (Wildman–Crippen LogP) is 4.35. The molecule has 6 rings (SSSR count). The van der Waals surface area contributed by atoms with Crippen molar-refractivity contribution in [3.05, 3.63) is 93.7 Å². The van der Waals surface area contributed by atoms with E-state index in [4.69, 9.17) is 4.74 Å². The van der Waals surface area contributed by atoms with Crippen LogP contribution in [0.1, 0.15) is 55.2 Å². The first-order valence-corrected chi connectivity index (χ1v) is 13.2. The summed E-state index contributed by atoms with van der Waals surface area (Å²) in [4.78, 5) is 55.0. The fourth-order valence-electron chi connectivity index (χ4n) is 5.93. The van der Waals surface area contributed by atoms with Crippen LogP contribution in [-0.2, 0) is 26.5 Å². The highest BCUT2D eigenvalue weighted by molar-refractivity contribution is 6.04. The molecular formula is C30H28FN3O5. The van der Waals surface area contributed by atoms with E-state index in [1.807, 2.05) is 24.0 Å². The molecule has 3 atom stereocenters. The van der Waals surface area contributed by atoms with Gasteiger partial charge in [-0.3, -0.25) is 19.7 Å². The quantitative estimate of drug-likeness (QED) is 0.473. The molecule has 2 N–H and O–H groups in total. The van der Waals surface area contributed by atoms with Gasteiger partial charge in [0.25, 0.3) is 5.91 Å². The Balaban J connectivity index is 1.34. The number of aromatic amines is 1. The third-order valence-electron chi connectivity index (χ3n) is 8.23. The Morgan fingerprint density at radius 1 is 1.08 bits per heavy atom. The van der Waals surface area contributed by atoms with Crippen LogP contribution >= 0.6 is 0 Å². The lowest BCUT2D eigenvalue weighted by Gasteiger charge is -2.31. The Morgan fingerprint density at radius 3 is 2.46 bits per heavy atom. The summed E-state index contributed by atoms with van der Waals surface area (Å²) in [6, 6.07) is 14.8. The number of pyridine rings is 1. The SMILES string of the molecule is C[C@@H](C1CC1)N(Cc1ccc(F)cc1)C(=O)CC1CC2(OC(=O)NC2=O)c2ccc(-c3ccc(=O)[nH]c3)cc21. The number of halogens is 1. The molecule has 1 saturated heterocycles. The lowest BCUT2D eigenvalue weighted by Crippen LogP contribution is -2.40. The van der Waals surface area contributed by atoms with Crippen molar-refractivity contribution in [3.63, 3.8) is 0 Å². The van der Waals surface area contributed by atoms with Gasteiger partial charge < -0.3 is 14.6 Å². The first-order valence-electron chi connectivity index (χ1n) is 13.2. The number of carbonyl (C=O) groups excluding carboxylic acids is 3. The number of aromatic nitrogens is 1. The molecular weight excluding hydrogens is 501 g/mol. The van der Waals surface area contributed by atoms with Crippen LogP contribution in [0.25, 0.3) is 11.1 Å². The van der Waals surface area contributed by atoms with Crippen molar-refractivity contribution < 1.29 is 23.5 Å². The molecule has 1 spiro atoms. The first-order chi connectivity index (χ1) is 18.7. The molecule has 200 valence electrons. The van der Waals surface area contributed by atoms with Crippen LogP contribution in [0.2, 0.25) is 0 Å². The predicted molar refractivity (Wildman–Crippen MR) is 140 cm³/mol. The molecule has 2 aliphatic carbocycles. The number of ether oxygens (including phenoxy) is 1. The highest BCUT2D eigenvalue weighted by Crippen LogP contribution is 2.51. The number of nitrogens with zero attached hydrogens (tertiary/aromatic N) is 1. The van der Waals surface area contributed by atoms with Gasteiger partial charge in [0.1, 0.15) is 5.82 Å². The van der Waals surface area contributed by atoms with E-state index in [1.54, 1.807) is 30.5 Å². The van der Waals surface area contributed by atoms with Crippen LogP contribution in [0, 0.1) is 11.7 Å². The van der Waals surface area contributed by atoms with Crippen LogP contribution in [0.15, 0.2) is 65.6 Å². The lowest BCUT2D eigenvalue weighted by molar-refractivity contribution is -0.136. The maximum Gasteiger partial charge on any atom is 0.415 e. The molecule has 1 saturated carbocycles. The average Bonchev–Trinajstić information content (AvgIpc) is 3.67. The van der Waals surface area contributed by atoms with Crippen molar-refractivity contribution >= 4 is 17.9 Å². The second kappa shape index (κ2) is 9.48. The van der Waals surface area contributed by atoms with E-state index in [1.165, 1.54) is 18.2 Å². The largest absolute Gasteiger partial charge is 0.427 e. The number of fused-ring (bicyclic) bond motifs is 2. The van der Waals surface area contributed by atoms with Crippen molar-refractivity contribution in [2.45, 2.75) is 56.7 Å². The molecule has 0 radical (unpaired) electrons. The number of carbonyl (C=O) groups is 3. The van der Waals surface area contributed by atoms with Crippen LogP contribution < -0.4 is 10.9 Å². The molecule has 2 aromatic carbocycles. The van der Waals surface area contributed by atoms with Crippen molar-refractivity contribution in [1.82, 2.24) is 15.2 Å². The molecule has 2 fully saturated rings. The number of nitrogens with one attached hydrogen (secondary N) is 2. The molecule has 8 nitrogen and oxygen atoms in total. The summed E-state index contributed by atoms with van der Waals surface area (Å²) in [5, 5.41) is 2.25. The number of H-pyrrole nitrogens is 1. The van der Waals surface area contributed by atoms with E-state index >= 15 is 0 Å². The summed E-state index contributed by atoms with van der Waals surface area (Å²) in [6.45, 7) is 2.40. The minimum absolute atomic E-state index is 0.0115. The zero-order valence-electron chi connectivity index (χ0n) is 21.4. The second-order valence-corrected chi connectivity index (χ2v) is 10.7. The molecule has 9 heteroatoms. The van der Waals surface area contributed by atoms with Gasteiger partial charge in [-0.05, 0) is 72.1 Å². The lowest BCUT2D eigenvalue weighted by atomic mass is 9.93. The Hall–Kier alpha value is -4.27. The summed E-state index contributed by atoms with van der Waals surface area (Å²) in [7, 11) is 0. The summed E-state index contributed by atoms with van der Waals surface area (Å²) < 4.78 is 19.1. The van der Waals surface area contributed by atoms with Gasteiger partial charge in [-0.25, -0.2) is 9.18 Å². The van der Waals surface area contributed by atoms with Crippen molar-refractivity contribution in [2.24, 2.45) is 5.92 Å². The molecule has 2 unspecified atom stereocenters. The molecule has 1 aliphatic heterocycles. The maximum absolute atomic E-state index is 13.9. The minimum Gasteiger partial charge on any atom is -0.427 e. The van der Waals surface area contributed by atoms with Gasteiger partial charge in [0.15, 0.2) is 0 Å². The Kier molecular flexibility index (Phi) is 6.09. The Bertz CT molecular complexity index is 1510. The zero-order chi connectivity index (χ0) is 27.3. The fourth-order valence-corrected chi connectivity index (χ4v) is 5.93. The van der Waals surface area contributed by atoms with E-state index in [9.17, 15) is 23.6 Å². The molecule has 3 aromatic rings. The van der Waals surface area contributed by atoms with Crippen LogP contribution in [0.3, 0.4) is 0 Å². The van der Waals surface area contributed by atoms with Gasteiger partial charge in [-0.2, -0.15) is 0 Å². The van der Waals surface area contributed by atoms with E-state index in [-0.39, 0.29) is 42.1 Å². The first kappa shape index (κ1) is 25.0. The normalized spacial score (nSPS) is 22.4. The van der Waals surface area contributed by atoms with Crippen molar-refractivity contribution in [1.29, 1.82) is 0 Å². The van der Waals surface area contributed by atoms with Crippen molar-refractivity contribution in [3.8, 4) is 11.1 Å². The zero-order valence-corrected chi connectivity index (χ0v) is 21.4. The van der Waals surface area contributed by atoms with Crippen LogP contribution in [-0.4, -0.2) is 33.8 Å². The number of imide groups is 1. The highest BCUT2D eigenvalue weighted by Gasteiger charge is 2.57. The van der Waals surface area contributed by atoms with Crippen molar-refractivity contribution in [2.75, 3.05) is 0 Å². The summed E-state index contributed by atoms with van der Waals surface area (Å²) >= 11 is 0. The molecule has 1 aromatic heterocycles. The fraction of sp³-hybridized carbons (Fsp3) is 0.333. The van der Waals surface area contributed by atoms with E-state index in [0.29, 0.717) is 18.0 Å². The van der Waals surface area contributed by atoms with Gasteiger partial charge in [0.05, 0.1) is 0 Å². The highest BCUT2D eigenvalue weighted by atomic mass is 19.1. The smallest absolute Gasteiger partial charge is 0.415 e. The summed E-state index contributed by atoms with van der Waals surface area (Å²) in [6.07, 6.45) is 3.20. The third-order valence-corrected chi connectivity index (χ3v) is 8.23. The summed E-state index contributed by atoms with van der Waals surface area (Å²) in [5.41, 5.74) is 2.04. The third kappa shape index (κ3) is 4.62. The number of rotatable bonds is 7. The molecule has 39 heavy (non-hydrogen) atoms. The standard InChI is InChI=1S/C30H28FN3O5/c1-17(19-4-5-19)34(16-18-2-8-23(31)9-3-18)27(36)13-22-14-30(28(37)33-29(38)39-30)25-10-6-20(12-24(22)25)21-7-11-26(35)32-15-21/h2-3,6-12,15,17,19,22H,4-5,13-14,16H2,1H3,(H,32,35)(H,33,37,38)/t17-,22?,30?/m0/s1. The van der Waals surface area contributed by atoms with E-state index < -0.39 is 17.6 Å². The van der Waals surface area contributed by atoms with E-state index in [2.05, 4.69) is 10.3 Å². The number of alkyl carbamates (subject to hydrolysis) is 1. The molecule has 0 bridgehead atoms. The maximum atomic E-state index is 13.9. The second-order valence-electron chi connectivity index (χ2n) is 10.7. The number of hydrogen-bond donors (Lipinski definition) is 2. The Labute approximate surface area is 224 Å². The summed E-state index contributed by atoms with van der Waals surface area (Å²) in [5.74, 6) is -0.901. The van der Waals surface area contributed by atoms with Gasteiger partial charge >= 0.3 is 6.09 Å². The number of amides is 3. The topological polar surface area (TPSA) is 109 Å². The molecule has 2 heterocycles.